The molecule has 0 atom stereocenters. The lowest BCUT2D eigenvalue weighted by atomic mass is 9.92. The summed E-state index contributed by atoms with van der Waals surface area (Å²) in [6, 6.07) is 36.2. The first-order chi connectivity index (χ1) is 22.8. The summed E-state index contributed by atoms with van der Waals surface area (Å²) in [5, 5.41) is 1.83. The molecule has 0 unspecified atom stereocenters. The van der Waals surface area contributed by atoms with Gasteiger partial charge >= 0.3 is 0 Å². The first-order valence-corrected chi connectivity index (χ1v) is 17.0. The van der Waals surface area contributed by atoms with Crippen LogP contribution >= 0.6 is 0 Å². The number of carbonyl (C=O) groups is 1. The van der Waals surface area contributed by atoms with Crippen molar-refractivity contribution in [2.24, 2.45) is 0 Å². The van der Waals surface area contributed by atoms with E-state index in [-0.39, 0.29) is 18.1 Å². The lowest BCUT2D eigenvalue weighted by Gasteiger charge is -2.18. The molecule has 232 valence electrons. The topological polar surface area (TPSA) is 96.0 Å². The molecule has 0 aliphatic rings. The third kappa shape index (κ3) is 6.03. The fraction of sp³-hybridized carbons (Fsp3) is 0.103. The molecule has 0 saturated heterocycles. The number of rotatable bonds is 8. The van der Waals surface area contributed by atoms with Gasteiger partial charge in [-0.2, -0.15) is 0 Å². The number of amides is 1. The van der Waals surface area contributed by atoms with Gasteiger partial charge in [0.25, 0.3) is 0 Å². The minimum Gasteiger partial charge on any atom is -0.339 e. The SMILES string of the molecule is Cc1ccc(CC(=O)N(C)c2ccc(-c3cnc4[nH]c5ccc(CS(=O)(=O)c6ccccc6)cc5c4c3-c3ccccc3)cc2)cn1. The molecule has 7 aromatic rings. The predicted octanol–water partition coefficient (Wildman–Crippen LogP) is 7.93. The third-order valence-electron chi connectivity index (χ3n) is 8.47. The van der Waals surface area contributed by atoms with Crippen LogP contribution in [0.1, 0.15) is 16.8 Å². The van der Waals surface area contributed by atoms with E-state index < -0.39 is 9.84 Å². The molecule has 7 nitrogen and oxygen atoms in total. The Hall–Kier alpha value is -5.60. The third-order valence-corrected chi connectivity index (χ3v) is 10.2. The molecule has 3 heterocycles. The number of benzene rings is 4. The zero-order valence-corrected chi connectivity index (χ0v) is 26.8. The highest BCUT2D eigenvalue weighted by Gasteiger charge is 2.20. The van der Waals surface area contributed by atoms with Gasteiger partial charge in [-0.05, 0) is 71.6 Å². The molecule has 0 spiro atoms. The van der Waals surface area contributed by atoms with E-state index in [1.165, 1.54) is 0 Å². The number of carbonyl (C=O) groups excluding carboxylic acids is 1. The summed E-state index contributed by atoms with van der Waals surface area (Å²) in [6.45, 7) is 1.92. The average molecular weight is 637 g/mol. The van der Waals surface area contributed by atoms with Crippen molar-refractivity contribution in [3.05, 3.63) is 144 Å². The number of hydrogen-bond acceptors (Lipinski definition) is 5. The maximum atomic E-state index is 13.2. The molecule has 0 aliphatic heterocycles. The molecular weight excluding hydrogens is 605 g/mol. The van der Waals surface area contributed by atoms with Crippen molar-refractivity contribution in [1.82, 2.24) is 15.0 Å². The molecule has 7 rings (SSSR count). The molecule has 1 amide bonds. The normalized spacial score (nSPS) is 11.6. The molecule has 47 heavy (non-hydrogen) atoms. The Morgan fingerprint density at radius 1 is 0.766 bits per heavy atom. The first-order valence-electron chi connectivity index (χ1n) is 15.3. The van der Waals surface area contributed by atoms with Gasteiger partial charge in [-0.3, -0.25) is 9.78 Å². The smallest absolute Gasteiger partial charge is 0.231 e. The Balaban J connectivity index is 1.28. The van der Waals surface area contributed by atoms with Crippen LogP contribution in [0.3, 0.4) is 0 Å². The van der Waals surface area contributed by atoms with Crippen LogP contribution in [0.2, 0.25) is 0 Å². The first kappa shape index (κ1) is 30.1. The van der Waals surface area contributed by atoms with Crippen LogP contribution in [0, 0.1) is 6.92 Å². The van der Waals surface area contributed by atoms with Gasteiger partial charge < -0.3 is 9.88 Å². The Kier molecular flexibility index (Phi) is 7.87. The van der Waals surface area contributed by atoms with Crippen LogP contribution in [-0.2, 0) is 26.8 Å². The van der Waals surface area contributed by atoms with Crippen molar-refractivity contribution in [3.8, 4) is 22.3 Å². The molecule has 0 radical (unpaired) electrons. The minimum absolute atomic E-state index is 0.0275. The van der Waals surface area contributed by atoms with E-state index in [9.17, 15) is 13.2 Å². The van der Waals surface area contributed by atoms with E-state index in [1.54, 1.807) is 42.4 Å². The number of sulfone groups is 1. The molecular formula is C39H32N4O3S. The summed E-state index contributed by atoms with van der Waals surface area (Å²) >= 11 is 0. The van der Waals surface area contributed by atoms with E-state index >= 15 is 0 Å². The van der Waals surface area contributed by atoms with Crippen LogP contribution in [-0.4, -0.2) is 36.3 Å². The van der Waals surface area contributed by atoms with E-state index in [2.05, 4.69) is 22.1 Å². The highest BCUT2D eigenvalue weighted by molar-refractivity contribution is 7.90. The summed E-state index contributed by atoms with van der Waals surface area (Å²) in [6.07, 6.45) is 3.88. The summed E-state index contributed by atoms with van der Waals surface area (Å²) in [4.78, 5) is 27.6. The number of nitrogens with zero attached hydrogens (tertiary/aromatic N) is 3. The van der Waals surface area contributed by atoms with Crippen molar-refractivity contribution in [2.45, 2.75) is 24.0 Å². The number of likely N-dealkylation sites (N-methyl/N-ethyl adjacent to an activating group) is 1. The number of H-pyrrole nitrogens is 1. The number of nitrogens with one attached hydrogen (secondary N) is 1. The fourth-order valence-corrected chi connectivity index (χ4v) is 7.31. The van der Waals surface area contributed by atoms with Gasteiger partial charge in [0, 0.05) is 58.2 Å². The quantitative estimate of drug-likeness (QED) is 0.183. The van der Waals surface area contributed by atoms with Gasteiger partial charge in [0.15, 0.2) is 9.84 Å². The minimum atomic E-state index is -3.53. The zero-order valence-electron chi connectivity index (χ0n) is 26.0. The standard InChI is InChI=1S/C39H32N4O3S/c1-26-13-14-27(23-40-26)22-36(44)43(2)31-18-16-29(17-19-31)34-24-41-39-38(37(34)30-9-5-3-6-10-30)33-21-28(15-20-35(33)42-39)25-47(45,46)32-11-7-4-8-12-32/h3-21,23-24H,22,25H2,1-2H3,(H,41,42). The Morgan fingerprint density at radius 2 is 1.47 bits per heavy atom. The largest absolute Gasteiger partial charge is 0.339 e. The molecule has 1 N–H and O–H groups in total. The number of anilines is 1. The highest BCUT2D eigenvalue weighted by atomic mass is 32.2. The van der Waals surface area contributed by atoms with E-state index in [0.29, 0.717) is 10.5 Å². The van der Waals surface area contributed by atoms with Crippen LogP contribution in [0.25, 0.3) is 44.2 Å². The van der Waals surface area contributed by atoms with Crippen LogP contribution in [0.15, 0.2) is 133 Å². The molecule has 0 aliphatic carbocycles. The van der Waals surface area contributed by atoms with Gasteiger partial charge in [-0.15, -0.1) is 0 Å². The average Bonchev–Trinajstić information content (AvgIpc) is 3.47. The monoisotopic (exact) mass is 636 g/mol. The van der Waals surface area contributed by atoms with Crippen LogP contribution in [0.4, 0.5) is 5.69 Å². The van der Waals surface area contributed by atoms with Gasteiger partial charge in [-0.25, -0.2) is 13.4 Å². The lowest BCUT2D eigenvalue weighted by molar-refractivity contribution is -0.117. The van der Waals surface area contributed by atoms with Crippen molar-refractivity contribution >= 4 is 43.4 Å². The zero-order chi connectivity index (χ0) is 32.5. The van der Waals surface area contributed by atoms with E-state index in [0.717, 1.165) is 61.1 Å². The number of hydrogen-bond donors (Lipinski definition) is 1. The Labute approximate surface area is 273 Å². The Bertz CT molecular complexity index is 2330. The second-order valence-electron chi connectivity index (χ2n) is 11.7. The number of fused-ring (bicyclic) bond motifs is 3. The van der Waals surface area contributed by atoms with Crippen LogP contribution in [0.5, 0.6) is 0 Å². The van der Waals surface area contributed by atoms with Gasteiger partial charge in [0.1, 0.15) is 5.65 Å². The number of aromatic nitrogens is 3. The molecule has 0 bridgehead atoms. The summed E-state index contributed by atoms with van der Waals surface area (Å²) in [5.41, 5.74) is 8.75. The van der Waals surface area contributed by atoms with Crippen molar-refractivity contribution in [3.63, 3.8) is 0 Å². The number of aromatic amines is 1. The molecule has 0 fully saturated rings. The van der Waals surface area contributed by atoms with Crippen molar-refractivity contribution in [2.75, 3.05) is 11.9 Å². The summed E-state index contributed by atoms with van der Waals surface area (Å²) in [5.74, 6) is -0.137. The maximum absolute atomic E-state index is 13.2. The van der Waals surface area contributed by atoms with Gasteiger partial charge in [-0.1, -0.05) is 72.8 Å². The second-order valence-corrected chi connectivity index (χ2v) is 13.7. The Morgan fingerprint density at radius 3 is 2.17 bits per heavy atom. The van der Waals surface area contributed by atoms with Gasteiger partial charge in [0.05, 0.1) is 17.1 Å². The van der Waals surface area contributed by atoms with Crippen molar-refractivity contribution < 1.29 is 13.2 Å². The molecule has 0 saturated carbocycles. The van der Waals surface area contributed by atoms with Gasteiger partial charge in [0.2, 0.25) is 5.91 Å². The number of pyridine rings is 2. The lowest BCUT2D eigenvalue weighted by Crippen LogP contribution is -2.27. The highest BCUT2D eigenvalue weighted by Crippen LogP contribution is 2.41. The molecule has 4 aromatic carbocycles. The van der Waals surface area contributed by atoms with E-state index in [1.807, 2.05) is 92.0 Å². The summed E-state index contributed by atoms with van der Waals surface area (Å²) < 4.78 is 26.5. The number of aryl methyl sites for hydroxylation is 1. The van der Waals surface area contributed by atoms with Crippen LogP contribution < -0.4 is 4.90 Å². The fourth-order valence-electron chi connectivity index (χ4n) is 5.95. The van der Waals surface area contributed by atoms with Crippen molar-refractivity contribution in [1.29, 1.82) is 0 Å². The predicted molar refractivity (Wildman–Crippen MR) is 188 cm³/mol. The maximum Gasteiger partial charge on any atom is 0.231 e. The van der Waals surface area contributed by atoms with E-state index in [4.69, 9.17) is 4.98 Å². The second kappa shape index (κ2) is 12.3. The summed E-state index contributed by atoms with van der Waals surface area (Å²) in [7, 11) is -1.74. The molecule has 3 aromatic heterocycles. The molecule has 8 heteroatoms.